The molecule has 6 nitrogen and oxygen atoms in total. The maximum atomic E-state index is 12.9. The number of esters is 3. The van der Waals surface area contributed by atoms with Gasteiger partial charge in [0.05, 0.1) is 0 Å². The molecule has 0 rings (SSSR count). The topological polar surface area (TPSA) is 78.9 Å². The number of carbonyl (C=O) groups is 3. The van der Waals surface area contributed by atoms with Gasteiger partial charge >= 0.3 is 17.9 Å². The Labute approximate surface area is 439 Å². The van der Waals surface area contributed by atoms with Gasteiger partial charge in [-0.25, -0.2) is 0 Å². The number of rotatable bonds is 54. The Bertz CT molecular complexity index is 1370. The second-order valence-corrected chi connectivity index (χ2v) is 19.9. The molecule has 0 saturated carbocycles. The molecular formula is C65H112O6. The lowest BCUT2D eigenvalue weighted by Crippen LogP contribution is -2.30. The molecule has 6 heteroatoms. The number of allylic oxidation sites excluding steroid dienone is 14. The number of hydrogen-bond acceptors (Lipinski definition) is 6. The Kier molecular flexibility index (Phi) is 56.3. The van der Waals surface area contributed by atoms with Gasteiger partial charge < -0.3 is 14.2 Å². The van der Waals surface area contributed by atoms with E-state index in [1.54, 1.807) is 0 Å². The molecule has 0 aromatic heterocycles. The number of unbranched alkanes of at least 4 members (excludes halogenated alkanes) is 29. The van der Waals surface area contributed by atoms with E-state index in [0.717, 1.165) is 103 Å². The van der Waals surface area contributed by atoms with Gasteiger partial charge in [-0.3, -0.25) is 14.4 Å². The van der Waals surface area contributed by atoms with Crippen LogP contribution in [0.5, 0.6) is 0 Å². The predicted octanol–water partition coefficient (Wildman–Crippen LogP) is 20.3. The van der Waals surface area contributed by atoms with E-state index in [9.17, 15) is 14.4 Å². The van der Waals surface area contributed by atoms with Crippen LogP contribution < -0.4 is 0 Å². The molecule has 0 aliphatic rings. The van der Waals surface area contributed by atoms with Crippen LogP contribution in [-0.2, 0) is 28.6 Å². The van der Waals surface area contributed by atoms with Crippen LogP contribution in [0.1, 0.15) is 290 Å². The van der Waals surface area contributed by atoms with Crippen molar-refractivity contribution in [1.82, 2.24) is 0 Å². The zero-order chi connectivity index (χ0) is 51.4. The minimum atomic E-state index is -0.797. The minimum Gasteiger partial charge on any atom is -0.462 e. The molecule has 0 aliphatic carbocycles. The van der Waals surface area contributed by atoms with E-state index in [2.05, 4.69) is 106 Å². The molecule has 0 spiro atoms. The monoisotopic (exact) mass is 989 g/mol. The molecule has 0 aromatic rings. The Morgan fingerprint density at radius 1 is 0.296 bits per heavy atom. The molecule has 0 bridgehead atoms. The average molecular weight is 990 g/mol. The first-order chi connectivity index (χ1) is 35.0. The molecule has 0 saturated heterocycles. The summed E-state index contributed by atoms with van der Waals surface area (Å²) in [7, 11) is 0. The van der Waals surface area contributed by atoms with Crippen molar-refractivity contribution in [3.05, 3.63) is 85.1 Å². The van der Waals surface area contributed by atoms with Crippen molar-refractivity contribution in [2.75, 3.05) is 13.2 Å². The van der Waals surface area contributed by atoms with Gasteiger partial charge in [0, 0.05) is 19.3 Å². The van der Waals surface area contributed by atoms with Crippen molar-refractivity contribution in [2.24, 2.45) is 0 Å². The molecular weight excluding hydrogens is 877 g/mol. The molecule has 408 valence electrons. The molecule has 0 aliphatic heterocycles. The summed E-state index contributed by atoms with van der Waals surface area (Å²) in [6.07, 6.45) is 77.2. The Morgan fingerprint density at radius 2 is 0.549 bits per heavy atom. The van der Waals surface area contributed by atoms with Gasteiger partial charge in [-0.05, 0) is 96.3 Å². The van der Waals surface area contributed by atoms with Crippen LogP contribution in [-0.4, -0.2) is 37.2 Å². The molecule has 1 atom stereocenters. The quantitative estimate of drug-likeness (QED) is 0.0261. The summed E-state index contributed by atoms with van der Waals surface area (Å²) >= 11 is 0. The number of carbonyl (C=O) groups excluding carboxylic acids is 3. The summed E-state index contributed by atoms with van der Waals surface area (Å²) in [6, 6.07) is 0. The summed E-state index contributed by atoms with van der Waals surface area (Å²) < 4.78 is 16.9. The Balaban J connectivity index is 4.45. The highest BCUT2D eigenvalue weighted by atomic mass is 16.6. The molecule has 0 fully saturated rings. The largest absolute Gasteiger partial charge is 0.462 e. The van der Waals surface area contributed by atoms with Gasteiger partial charge in [0.25, 0.3) is 0 Å². The second-order valence-electron chi connectivity index (χ2n) is 19.9. The minimum absolute atomic E-state index is 0.0926. The molecule has 0 amide bonds. The summed E-state index contributed by atoms with van der Waals surface area (Å²) in [4.78, 5) is 38.2. The fourth-order valence-corrected chi connectivity index (χ4v) is 8.38. The van der Waals surface area contributed by atoms with E-state index in [1.165, 1.54) is 148 Å². The first-order valence-corrected chi connectivity index (χ1v) is 30.1. The summed E-state index contributed by atoms with van der Waals surface area (Å²) in [6.45, 7) is 6.50. The van der Waals surface area contributed by atoms with Gasteiger partial charge in [0.15, 0.2) is 6.10 Å². The van der Waals surface area contributed by atoms with Crippen molar-refractivity contribution >= 4 is 17.9 Å². The smallest absolute Gasteiger partial charge is 0.306 e. The molecule has 0 aromatic carbocycles. The normalized spacial score (nSPS) is 12.7. The first-order valence-electron chi connectivity index (χ1n) is 30.1. The average Bonchev–Trinajstić information content (AvgIpc) is 3.37. The molecule has 0 radical (unpaired) electrons. The van der Waals surface area contributed by atoms with Crippen molar-refractivity contribution in [2.45, 2.75) is 297 Å². The molecule has 0 heterocycles. The highest BCUT2D eigenvalue weighted by Gasteiger charge is 2.19. The lowest BCUT2D eigenvalue weighted by Gasteiger charge is -2.18. The maximum absolute atomic E-state index is 12.9. The van der Waals surface area contributed by atoms with Crippen molar-refractivity contribution in [3.63, 3.8) is 0 Å². The van der Waals surface area contributed by atoms with Crippen LogP contribution in [0.3, 0.4) is 0 Å². The Morgan fingerprint density at radius 3 is 0.901 bits per heavy atom. The van der Waals surface area contributed by atoms with Gasteiger partial charge in [0.2, 0.25) is 0 Å². The summed E-state index contributed by atoms with van der Waals surface area (Å²) in [5, 5.41) is 0. The third kappa shape index (κ3) is 57.4. The van der Waals surface area contributed by atoms with E-state index >= 15 is 0 Å². The van der Waals surface area contributed by atoms with Crippen LogP contribution in [0.2, 0.25) is 0 Å². The number of hydrogen-bond donors (Lipinski definition) is 0. The van der Waals surface area contributed by atoms with Crippen molar-refractivity contribution < 1.29 is 28.6 Å². The van der Waals surface area contributed by atoms with Crippen LogP contribution in [0.4, 0.5) is 0 Å². The van der Waals surface area contributed by atoms with Crippen LogP contribution in [0.25, 0.3) is 0 Å². The summed E-state index contributed by atoms with van der Waals surface area (Å²) in [5.74, 6) is -0.934. The lowest BCUT2D eigenvalue weighted by atomic mass is 10.0. The first kappa shape index (κ1) is 67.6. The van der Waals surface area contributed by atoms with Gasteiger partial charge in [-0.2, -0.15) is 0 Å². The zero-order valence-electron chi connectivity index (χ0n) is 46.7. The van der Waals surface area contributed by atoms with Crippen molar-refractivity contribution in [3.8, 4) is 0 Å². The number of ether oxygens (including phenoxy) is 3. The Hall–Kier alpha value is -3.41. The highest BCUT2D eigenvalue weighted by Crippen LogP contribution is 2.16. The van der Waals surface area contributed by atoms with Gasteiger partial charge in [-0.1, -0.05) is 260 Å². The third-order valence-corrected chi connectivity index (χ3v) is 12.9. The SMILES string of the molecule is CC/C=C\C/C=C\C/C=C\C/C=C\C/C=C\C/C=C\CCCCC(=O)OCC(COC(=O)CCCCCCC/C=C\CCCCCCCC)OC(=O)CCCCCCCCCCCCCCCCCCC. The van der Waals surface area contributed by atoms with E-state index in [4.69, 9.17) is 14.2 Å². The zero-order valence-corrected chi connectivity index (χ0v) is 46.7. The van der Waals surface area contributed by atoms with Crippen LogP contribution >= 0.6 is 0 Å². The fraction of sp³-hybridized carbons (Fsp3) is 0.738. The van der Waals surface area contributed by atoms with Gasteiger partial charge in [-0.15, -0.1) is 0 Å². The molecule has 1 unspecified atom stereocenters. The lowest BCUT2D eigenvalue weighted by molar-refractivity contribution is -0.167. The van der Waals surface area contributed by atoms with Crippen LogP contribution in [0, 0.1) is 0 Å². The molecule has 0 N–H and O–H groups in total. The fourth-order valence-electron chi connectivity index (χ4n) is 8.38. The van der Waals surface area contributed by atoms with E-state index in [1.807, 2.05) is 0 Å². The van der Waals surface area contributed by atoms with Crippen LogP contribution in [0.15, 0.2) is 85.1 Å². The van der Waals surface area contributed by atoms with E-state index in [-0.39, 0.29) is 31.1 Å². The molecule has 71 heavy (non-hydrogen) atoms. The highest BCUT2D eigenvalue weighted by molar-refractivity contribution is 5.71. The van der Waals surface area contributed by atoms with E-state index < -0.39 is 6.10 Å². The predicted molar refractivity (Wildman–Crippen MR) is 307 cm³/mol. The standard InChI is InChI=1S/C65H112O6/c1-4-7-10-13-16-19-22-25-28-30-31-32-33-35-37-40-43-46-49-52-55-58-64(67)70-61-62(60-69-63(66)57-54-51-48-45-42-39-36-27-24-21-18-15-12-9-6-3)71-65(68)59-56-53-50-47-44-41-38-34-29-26-23-20-17-14-11-8-5-2/h7,10,16,19,25,27-28,31-32,35-37,43,46,62H,4-6,8-9,11-15,17-18,20-24,26,29-30,33-34,38-42,44-45,47-61H2,1-3H3/b10-7-,19-16-,28-25-,32-31-,36-27-,37-35-,46-43-. The third-order valence-electron chi connectivity index (χ3n) is 12.9. The second kappa shape index (κ2) is 59.2. The van der Waals surface area contributed by atoms with Crippen molar-refractivity contribution in [1.29, 1.82) is 0 Å². The summed E-state index contributed by atoms with van der Waals surface area (Å²) in [5.41, 5.74) is 0. The van der Waals surface area contributed by atoms with E-state index in [0.29, 0.717) is 19.3 Å². The maximum Gasteiger partial charge on any atom is 0.306 e. The van der Waals surface area contributed by atoms with Gasteiger partial charge in [0.1, 0.15) is 13.2 Å².